The zero-order valence-electron chi connectivity index (χ0n) is 11.1. The highest BCUT2D eigenvalue weighted by molar-refractivity contribution is 5.92. The molecular formula is C14H15N3O3. The van der Waals surface area contributed by atoms with Gasteiger partial charge < -0.3 is 10.0 Å². The van der Waals surface area contributed by atoms with Crippen LogP contribution in [0.15, 0.2) is 42.6 Å². The molecule has 0 fully saturated rings. The van der Waals surface area contributed by atoms with Gasteiger partial charge in [0.25, 0.3) is 0 Å². The highest BCUT2D eigenvalue weighted by Gasteiger charge is 2.12. The molecule has 1 aromatic carbocycles. The zero-order valence-corrected chi connectivity index (χ0v) is 11.1. The van der Waals surface area contributed by atoms with E-state index in [0.717, 1.165) is 5.69 Å². The van der Waals surface area contributed by atoms with Gasteiger partial charge in [-0.3, -0.25) is 9.48 Å². The molecule has 0 aliphatic carbocycles. The molecule has 1 N–H and O–H groups in total. The molecule has 2 aromatic rings. The van der Waals surface area contributed by atoms with Crippen molar-refractivity contribution in [2.45, 2.75) is 13.0 Å². The van der Waals surface area contributed by atoms with E-state index in [0.29, 0.717) is 6.54 Å². The molecule has 0 bridgehead atoms. The van der Waals surface area contributed by atoms with Crippen molar-refractivity contribution >= 4 is 17.6 Å². The van der Waals surface area contributed by atoms with Crippen LogP contribution in [0.4, 0.5) is 5.69 Å². The molecule has 0 saturated carbocycles. The van der Waals surface area contributed by atoms with Crippen LogP contribution in [0.3, 0.4) is 0 Å². The molecule has 20 heavy (non-hydrogen) atoms. The van der Waals surface area contributed by atoms with Crippen LogP contribution in [-0.2, 0) is 11.3 Å². The lowest BCUT2D eigenvalue weighted by Crippen LogP contribution is -2.27. The Morgan fingerprint density at radius 3 is 2.55 bits per heavy atom. The van der Waals surface area contributed by atoms with Crippen LogP contribution >= 0.6 is 0 Å². The van der Waals surface area contributed by atoms with E-state index in [4.69, 9.17) is 5.11 Å². The molecule has 2 rings (SSSR count). The summed E-state index contributed by atoms with van der Waals surface area (Å²) in [6.45, 7) is 0.350. The molecule has 1 aromatic heterocycles. The van der Waals surface area contributed by atoms with Gasteiger partial charge in [0.2, 0.25) is 5.91 Å². The number of hydrogen-bond donors (Lipinski definition) is 1. The van der Waals surface area contributed by atoms with E-state index < -0.39 is 5.97 Å². The van der Waals surface area contributed by atoms with Crippen LogP contribution in [0.25, 0.3) is 0 Å². The van der Waals surface area contributed by atoms with E-state index in [1.165, 1.54) is 10.7 Å². The number of carbonyl (C=O) groups is 2. The lowest BCUT2D eigenvalue weighted by molar-refractivity contribution is -0.118. The summed E-state index contributed by atoms with van der Waals surface area (Å²) in [5.41, 5.74) is 0.804. The molecule has 0 saturated heterocycles. The summed E-state index contributed by atoms with van der Waals surface area (Å²) in [5.74, 6) is -1.12. The van der Waals surface area contributed by atoms with Crippen molar-refractivity contribution in [1.82, 2.24) is 9.78 Å². The fourth-order valence-electron chi connectivity index (χ4n) is 1.77. The molecule has 0 aliphatic rings. The van der Waals surface area contributed by atoms with E-state index in [9.17, 15) is 9.59 Å². The minimum Gasteiger partial charge on any atom is -0.476 e. The van der Waals surface area contributed by atoms with E-state index in [-0.39, 0.29) is 18.0 Å². The largest absolute Gasteiger partial charge is 0.476 e. The van der Waals surface area contributed by atoms with Gasteiger partial charge >= 0.3 is 5.97 Å². The average Bonchev–Trinajstić information content (AvgIpc) is 2.94. The maximum Gasteiger partial charge on any atom is 0.356 e. The Hall–Kier alpha value is -2.63. The van der Waals surface area contributed by atoms with Gasteiger partial charge in [-0.05, 0) is 18.2 Å². The number of carbonyl (C=O) groups excluding carboxylic acids is 1. The summed E-state index contributed by atoms with van der Waals surface area (Å²) < 4.78 is 1.46. The maximum atomic E-state index is 12.0. The second-order valence-electron chi connectivity index (χ2n) is 4.31. The predicted molar refractivity (Wildman–Crippen MR) is 73.7 cm³/mol. The van der Waals surface area contributed by atoms with E-state index in [1.54, 1.807) is 18.1 Å². The Bertz CT molecular complexity index is 607. The SMILES string of the molecule is CN(C(=O)CCn1ccc(C(=O)O)n1)c1ccccc1. The summed E-state index contributed by atoms with van der Waals surface area (Å²) in [6, 6.07) is 10.7. The molecule has 0 aliphatic heterocycles. The number of nitrogens with zero attached hydrogens (tertiary/aromatic N) is 3. The number of hydrogen-bond acceptors (Lipinski definition) is 3. The van der Waals surface area contributed by atoms with Gasteiger partial charge in [0.1, 0.15) is 0 Å². The molecule has 0 radical (unpaired) electrons. The normalized spacial score (nSPS) is 10.2. The maximum absolute atomic E-state index is 12.0. The zero-order chi connectivity index (χ0) is 14.5. The van der Waals surface area contributed by atoms with Crippen molar-refractivity contribution in [3.8, 4) is 0 Å². The number of carboxylic acids is 1. The summed E-state index contributed by atoms with van der Waals surface area (Å²) in [5, 5.41) is 12.6. The van der Waals surface area contributed by atoms with Gasteiger partial charge in [-0.15, -0.1) is 0 Å². The van der Waals surface area contributed by atoms with E-state index in [1.807, 2.05) is 30.3 Å². The number of carboxylic acid groups (broad SMARTS) is 1. The molecule has 1 amide bonds. The molecule has 6 nitrogen and oxygen atoms in total. The third kappa shape index (κ3) is 3.23. The Morgan fingerprint density at radius 1 is 1.25 bits per heavy atom. The summed E-state index contributed by atoms with van der Waals surface area (Å²) in [4.78, 5) is 24.3. The summed E-state index contributed by atoms with van der Waals surface area (Å²) in [6.07, 6.45) is 1.81. The lowest BCUT2D eigenvalue weighted by atomic mass is 10.3. The van der Waals surface area contributed by atoms with Gasteiger partial charge in [0.15, 0.2) is 5.69 Å². The van der Waals surface area contributed by atoms with Crippen molar-refractivity contribution in [3.63, 3.8) is 0 Å². The first kappa shape index (κ1) is 13.8. The molecule has 0 unspecified atom stereocenters. The Morgan fingerprint density at radius 2 is 1.95 bits per heavy atom. The van der Waals surface area contributed by atoms with E-state index in [2.05, 4.69) is 5.10 Å². The Balaban J connectivity index is 1.93. The van der Waals surface area contributed by atoms with Crippen LogP contribution in [0.5, 0.6) is 0 Å². The molecule has 6 heteroatoms. The van der Waals surface area contributed by atoms with Gasteiger partial charge in [-0.1, -0.05) is 18.2 Å². The highest BCUT2D eigenvalue weighted by atomic mass is 16.4. The monoisotopic (exact) mass is 273 g/mol. The first-order valence-electron chi connectivity index (χ1n) is 6.16. The van der Waals surface area contributed by atoms with Crippen LogP contribution in [-0.4, -0.2) is 33.8 Å². The second kappa shape index (κ2) is 6.01. The number of benzene rings is 1. The van der Waals surface area contributed by atoms with Gasteiger partial charge in [0, 0.05) is 31.9 Å². The number of rotatable bonds is 5. The lowest BCUT2D eigenvalue weighted by Gasteiger charge is -2.17. The van der Waals surface area contributed by atoms with Crippen molar-refractivity contribution in [2.75, 3.05) is 11.9 Å². The smallest absolute Gasteiger partial charge is 0.356 e. The number of aryl methyl sites for hydroxylation is 1. The topological polar surface area (TPSA) is 75.4 Å². The van der Waals surface area contributed by atoms with Crippen LogP contribution in [0.2, 0.25) is 0 Å². The fourth-order valence-corrected chi connectivity index (χ4v) is 1.77. The number of anilines is 1. The summed E-state index contributed by atoms with van der Waals surface area (Å²) in [7, 11) is 1.71. The van der Waals surface area contributed by atoms with Crippen molar-refractivity contribution in [3.05, 3.63) is 48.3 Å². The number of para-hydroxylation sites is 1. The van der Waals surface area contributed by atoms with Crippen LogP contribution < -0.4 is 4.90 Å². The first-order valence-corrected chi connectivity index (χ1v) is 6.16. The van der Waals surface area contributed by atoms with Gasteiger partial charge in [0.05, 0.1) is 0 Å². The quantitative estimate of drug-likeness (QED) is 0.898. The summed E-state index contributed by atoms with van der Waals surface area (Å²) >= 11 is 0. The highest BCUT2D eigenvalue weighted by Crippen LogP contribution is 2.12. The van der Waals surface area contributed by atoms with Crippen LogP contribution in [0.1, 0.15) is 16.9 Å². The number of aromatic carboxylic acids is 1. The fraction of sp³-hybridized carbons (Fsp3) is 0.214. The van der Waals surface area contributed by atoms with E-state index >= 15 is 0 Å². The third-order valence-electron chi connectivity index (χ3n) is 2.93. The standard InChI is InChI=1S/C14H15N3O3/c1-16(11-5-3-2-4-6-11)13(18)8-10-17-9-7-12(15-17)14(19)20/h2-7,9H,8,10H2,1H3,(H,19,20). The number of aromatic nitrogens is 2. The molecular weight excluding hydrogens is 258 g/mol. The second-order valence-corrected chi connectivity index (χ2v) is 4.31. The predicted octanol–water partition coefficient (Wildman–Crippen LogP) is 1.63. The Labute approximate surface area is 116 Å². The average molecular weight is 273 g/mol. The van der Waals surface area contributed by atoms with Crippen LogP contribution in [0, 0.1) is 0 Å². The van der Waals surface area contributed by atoms with Gasteiger partial charge in [-0.25, -0.2) is 4.79 Å². The molecule has 0 spiro atoms. The molecule has 0 atom stereocenters. The minimum absolute atomic E-state index is 0.0196. The Kier molecular flexibility index (Phi) is 4.14. The van der Waals surface area contributed by atoms with Crippen molar-refractivity contribution < 1.29 is 14.7 Å². The number of amides is 1. The van der Waals surface area contributed by atoms with Gasteiger partial charge in [-0.2, -0.15) is 5.10 Å². The van der Waals surface area contributed by atoms with Crippen molar-refractivity contribution in [2.24, 2.45) is 0 Å². The minimum atomic E-state index is -1.07. The first-order chi connectivity index (χ1) is 9.58. The third-order valence-corrected chi connectivity index (χ3v) is 2.93. The molecule has 1 heterocycles. The molecule has 104 valence electrons. The van der Waals surface area contributed by atoms with Crippen molar-refractivity contribution in [1.29, 1.82) is 0 Å².